The zero-order valence-corrected chi connectivity index (χ0v) is 28.0. The smallest absolute Gasteiger partial charge is 0.336 e. The van der Waals surface area contributed by atoms with Crippen LogP contribution in [0.3, 0.4) is 0 Å². The van der Waals surface area contributed by atoms with Gasteiger partial charge >= 0.3 is 11.7 Å². The highest BCUT2D eigenvalue weighted by atomic mass is 16.5. The largest absolute Gasteiger partial charge is 0.463 e. The Morgan fingerprint density at radius 2 is 1.64 bits per heavy atom. The number of H-pyrrole nitrogens is 1. The first-order valence-corrected chi connectivity index (χ1v) is 16.9. The van der Waals surface area contributed by atoms with Gasteiger partial charge in [0, 0.05) is 37.2 Å². The molecule has 50 heavy (non-hydrogen) atoms. The van der Waals surface area contributed by atoms with Crippen molar-refractivity contribution in [3.8, 4) is 11.5 Å². The molecule has 256 valence electrons. The van der Waals surface area contributed by atoms with Crippen molar-refractivity contribution < 1.29 is 28.3 Å². The zero-order valence-electron chi connectivity index (χ0n) is 28.0. The third-order valence-corrected chi connectivity index (χ3v) is 9.48. The second-order valence-corrected chi connectivity index (χ2v) is 12.6. The predicted molar refractivity (Wildman–Crippen MR) is 186 cm³/mol. The Hall–Kier alpha value is -5.84. The van der Waals surface area contributed by atoms with E-state index in [9.17, 15) is 19.2 Å². The van der Waals surface area contributed by atoms with E-state index in [4.69, 9.17) is 13.9 Å². The van der Waals surface area contributed by atoms with Gasteiger partial charge in [-0.2, -0.15) is 0 Å². The van der Waals surface area contributed by atoms with Gasteiger partial charge in [0.1, 0.15) is 17.3 Å². The molecule has 1 fully saturated rings. The fraction of sp³-hybridized carbons (Fsp3) is 0.282. The van der Waals surface area contributed by atoms with Crippen molar-refractivity contribution >= 4 is 28.8 Å². The molecular formula is C39H38N4O7. The minimum atomic E-state index is -0.533. The van der Waals surface area contributed by atoms with Gasteiger partial charge in [-0.15, -0.1) is 0 Å². The summed E-state index contributed by atoms with van der Waals surface area (Å²) >= 11 is 0. The van der Waals surface area contributed by atoms with E-state index >= 15 is 0 Å². The highest BCUT2D eigenvalue weighted by Gasteiger charge is 2.38. The van der Waals surface area contributed by atoms with E-state index in [2.05, 4.69) is 4.98 Å². The molecule has 7 rings (SSSR count). The first-order chi connectivity index (χ1) is 24.3. The molecule has 1 unspecified atom stereocenters. The van der Waals surface area contributed by atoms with Crippen LogP contribution in [-0.4, -0.2) is 56.8 Å². The van der Waals surface area contributed by atoms with Crippen LogP contribution in [-0.2, 0) is 20.9 Å². The number of carbonyl (C=O) groups excluding carboxylic acids is 3. The number of hydrogen-bond acceptors (Lipinski definition) is 7. The first kappa shape index (κ1) is 32.7. The average Bonchev–Trinajstić information content (AvgIpc) is 3.74. The summed E-state index contributed by atoms with van der Waals surface area (Å²) in [5.41, 5.74) is 3.13. The molecule has 11 heteroatoms. The normalized spacial score (nSPS) is 17.0. The highest BCUT2D eigenvalue weighted by molar-refractivity contribution is 5.96. The zero-order chi connectivity index (χ0) is 34.8. The molecule has 2 aromatic heterocycles. The topological polar surface area (TPSA) is 127 Å². The maximum absolute atomic E-state index is 13.7. The Labute approximate surface area is 288 Å². The number of ether oxygens (including phenoxy) is 2. The number of imidazole rings is 1. The van der Waals surface area contributed by atoms with Gasteiger partial charge in [-0.25, -0.2) is 9.59 Å². The van der Waals surface area contributed by atoms with Crippen LogP contribution in [0.25, 0.3) is 11.0 Å². The van der Waals surface area contributed by atoms with Gasteiger partial charge in [0.25, 0.3) is 5.91 Å². The lowest BCUT2D eigenvalue weighted by molar-refractivity contribution is -0.140. The number of esters is 1. The van der Waals surface area contributed by atoms with E-state index < -0.39 is 11.9 Å². The lowest BCUT2D eigenvalue weighted by Gasteiger charge is -2.34. The minimum Gasteiger partial charge on any atom is -0.463 e. The molecule has 11 nitrogen and oxygen atoms in total. The Morgan fingerprint density at radius 3 is 2.42 bits per heavy atom. The number of amides is 2. The van der Waals surface area contributed by atoms with Crippen LogP contribution in [0.5, 0.6) is 11.5 Å². The van der Waals surface area contributed by atoms with Crippen LogP contribution in [0.2, 0.25) is 0 Å². The number of piperidine rings is 1. The quantitative estimate of drug-likeness (QED) is 0.176. The third-order valence-electron chi connectivity index (χ3n) is 9.48. The lowest BCUT2D eigenvalue weighted by Crippen LogP contribution is -2.40. The SMILES string of the molecule is CCOC(=O)C1=C(C)N(Cc2ccc(C(=O)N3CCC(n4c(=O)[nH]c5ccccc54)CC3)o2)C(=O)CC1c1cccc(Oc2ccccc2)c1. The maximum Gasteiger partial charge on any atom is 0.336 e. The number of likely N-dealkylation sites (tertiary alicyclic amines) is 1. The molecule has 1 saturated heterocycles. The molecule has 0 spiro atoms. The molecule has 0 radical (unpaired) electrons. The molecular weight excluding hydrogens is 636 g/mol. The van der Waals surface area contributed by atoms with Gasteiger partial charge in [-0.05, 0) is 80.8 Å². The lowest BCUT2D eigenvalue weighted by atomic mass is 9.83. The van der Waals surface area contributed by atoms with E-state index in [1.807, 2.05) is 78.9 Å². The summed E-state index contributed by atoms with van der Waals surface area (Å²) in [6.45, 7) is 4.66. The van der Waals surface area contributed by atoms with Gasteiger partial charge in [-0.3, -0.25) is 14.2 Å². The highest BCUT2D eigenvalue weighted by Crippen LogP contribution is 2.39. The molecule has 2 amide bonds. The monoisotopic (exact) mass is 674 g/mol. The van der Waals surface area contributed by atoms with Gasteiger partial charge < -0.3 is 28.7 Å². The van der Waals surface area contributed by atoms with E-state index in [0.717, 1.165) is 16.6 Å². The summed E-state index contributed by atoms with van der Waals surface area (Å²) in [6, 6.07) is 27.7. The summed E-state index contributed by atoms with van der Waals surface area (Å²) in [5, 5.41) is 0. The Morgan fingerprint density at radius 1 is 0.900 bits per heavy atom. The van der Waals surface area contributed by atoms with Crippen LogP contribution < -0.4 is 10.4 Å². The Kier molecular flexibility index (Phi) is 9.12. The molecule has 1 atom stereocenters. The van der Waals surface area contributed by atoms with E-state index in [1.54, 1.807) is 35.4 Å². The van der Waals surface area contributed by atoms with Crippen molar-refractivity contribution in [1.82, 2.24) is 19.4 Å². The van der Waals surface area contributed by atoms with Crippen molar-refractivity contribution in [2.45, 2.75) is 51.6 Å². The number of para-hydroxylation sites is 3. The van der Waals surface area contributed by atoms with Crippen LogP contribution >= 0.6 is 0 Å². The van der Waals surface area contributed by atoms with E-state index in [1.165, 1.54) is 4.90 Å². The summed E-state index contributed by atoms with van der Waals surface area (Å²) in [4.78, 5) is 59.4. The number of nitrogens with zero attached hydrogens (tertiary/aromatic N) is 3. The number of fused-ring (bicyclic) bond motifs is 1. The molecule has 4 heterocycles. The fourth-order valence-electron chi connectivity index (χ4n) is 7.03. The van der Waals surface area contributed by atoms with E-state index in [-0.39, 0.29) is 48.9 Å². The van der Waals surface area contributed by atoms with Crippen LogP contribution in [0.15, 0.2) is 111 Å². The second kappa shape index (κ2) is 13.9. The number of aromatic nitrogens is 2. The third kappa shape index (κ3) is 6.46. The summed E-state index contributed by atoms with van der Waals surface area (Å²) < 4.78 is 19.3. The first-order valence-electron chi connectivity index (χ1n) is 16.9. The van der Waals surface area contributed by atoms with Crippen LogP contribution in [0.4, 0.5) is 0 Å². The maximum atomic E-state index is 13.7. The number of benzene rings is 3. The fourth-order valence-corrected chi connectivity index (χ4v) is 7.03. The molecule has 0 saturated carbocycles. The summed E-state index contributed by atoms with van der Waals surface area (Å²) in [5.74, 6) is 0.402. The Bertz CT molecular complexity index is 2140. The number of aromatic amines is 1. The predicted octanol–water partition coefficient (Wildman–Crippen LogP) is 6.55. The van der Waals surface area contributed by atoms with Crippen molar-refractivity contribution in [1.29, 1.82) is 0 Å². The van der Waals surface area contributed by atoms with Crippen molar-refractivity contribution in [3.05, 3.63) is 130 Å². The second-order valence-electron chi connectivity index (χ2n) is 12.6. The number of carbonyl (C=O) groups is 3. The molecule has 1 N–H and O–H groups in total. The van der Waals surface area contributed by atoms with E-state index in [0.29, 0.717) is 54.5 Å². The number of allylic oxidation sites excluding steroid dienone is 1. The average molecular weight is 675 g/mol. The Balaban J connectivity index is 1.06. The van der Waals surface area contributed by atoms with Gasteiger partial charge in [0.15, 0.2) is 5.76 Å². The number of rotatable bonds is 9. The number of hydrogen-bond donors (Lipinski definition) is 1. The van der Waals surface area contributed by atoms with Crippen molar-refractivity contribution in [2.24, 2.45) is 0 Å². The number of nitrogens with one attached hydrogen (secondary N) is 1. The van der Waals surface area contributed by atoms with Gasteiger partial charge in [-0.1, -0.05) is 42.5 Å². The molecule has 5 aromatic rings. The van der Waals surface area contributed by atoms with Crippen molar-refractivity contribution in [2.75, 3.05) is 19.7 Å². The molecule has 2 aliphatic rings. The standard InChI is InChI=1S/C39H38N4O7/c1-3-48-38(46)36-25(2)42(35(44)23-31(36)26-10-9-13-29(22-26)49-28-11-5-4-6-12-28)24-30-16-17-34(50-30)37(45)41-20-18-27(19-21-41)43-33-15-8-7-14-32(33)40-39(43)47/h4-17,22,27,31H,3,18-21,23-24H2,1-2H3,(H,40,47). The molecule has 3 aromatic carbocycles. The summed E-state index contributed by atoms with van der Waals surface area (Å²) in [6.07, 6.45) is 1.31. The van der Waals surface area contributed by atoms with Crippen LogP contribution in [0, 0.1) is 0 Å². The van der Waals surface area contributed by atoms with Gasteiger partial charge in [0.2, 0.25) is 5.91 Å². The molecule has 0 aliphatic carbocycles. The van der Waals surface area contributed by atoms with Crippen LogP contribution in [0.1, 0.15) is 66.9 Å². The van der Waals surface area contributed by atoms with Gasteiger partial charge in [0.05, 0.1) is 29.8 Å². The van der Waals surface area contributed by atoms with Crippen molar-refractivity contribution in [3.63, 3.8) is 0 Å². The minimum absolute atomic E-state index is 0.0222. The number of furan rings is 1. The summed E-state index contributed by atoms with van der Waals surface area (Å²) in [7, 11) is 0. The molecule has 0 bridgehead atoms. The molecule has 2 aliphatic heterocycles.